The van der Waals surface area contributed by atoms with Crippen molar-refractivity contribution in [1.29, 1.82) is 0 Å². The van der Waals surface area contributed by atoms with E-state index in [0.29, 0.717) is 6.61 Å². The zero-order valence-corrected chi connectivity index (χ0v) is 15.0. The topological polar surface area (TPSA) is 43.7 Å². The number of para-hydroxylation sites is 2. The first-order chi connectivity index (χ1) is 12.2. The van der Waals surface area contributed by atoms with Crippen LogP contribution in [0.1, 0.15) is 25.3 Å². The van der Waals surface area contributed by atoms with E-state index in [2.05, 4.69) is 4.90 Å². The first kappa shape index (κ1) is 17.5. The van der Waals surface area contributed by atoms with Crippen molar-refractivity contribution < 1.29 is 9.47 Å². The second-order valence-electron chi connectivity index (χ2n) is 6.46. The molecule has 5 heteroatoms. The number of benzene rings is 1. The number of piperidine rings is 1. The predicted molar refractivity (Wildman–Crippen MR) is 98.2 cm³/mol. The average Bonchev–Trinajstić information content (AvgIpc) is 2.62. The highest BCUT2D eigenvalue weighted by Gasteiger charge is 2.21. The smallest absolute Gasteiger partial charge is 0.250 e. The Morgan fingerprint density at radius 2 is 1.84 bits per heavy atom. The summed E-state index contributed by atoms with van der Waals surface area (Å²) in [5.74, 6) is 1.64. The normalized spacial score (nSPS) is 15.9. The summed E-state index contributed by atoms with van der Waals surface area (Å²) in [4.78, 5) is 14.1. The van der Waals surface area contributed by atoms with Crippen molar-refractivity contribution in [3.63, 3.8) is 0 Å². The number of hydrogen-bond acceptors (Lipinski definition) is 4. The molecule has 0 amide bonds. The second-order valence-corrected chi connectivity index (χ2v) is 6.46. The SMILES string of the molecule is CCOc1ccccc1OC1CCN(Cc2ccn(C)c(=O)c2)CC1. The van der Waals surface area contributed by atoms with Crippen LogP contribution in [0.25, 0.3) is 0 Å². The van der Waals surface area contributed by atoms with Crippen molar-refractivity contribution in [3.8, 4) is 11.5 Å². The lowest BCUT2D eigenvalue weighted by molar-refractivity contribution is 0.0936. The largest absolute Gasteiger partial charge is 0.490 e. The monoisotopic (exact) mass is 342 g/mol. The van der Waals surface area contributed by atoms with E-state index in [1.54, 1.807) is 17.7 Å². The molecule has 25 heavy (non-hydrogen) atoms. The minimum atomic E-state index is 0.0447. The molecule has 0 atom stereocenters. The Kier molecular flexibility index (Phi) is 5.76. The van der Waals surface area contributed by atoms with Crippen LogP contribution in [0.15, 0.2) is 47.4 Å². The Morgan fingerprint density at radius 1 is 1.12 bits per heavy atom. The third-order valence-corrected chi connectivity index (χ3v) is 4.55. The minimum Gasteiger partial charge on any atom is -0.490 e. The highest BCUT2D eigenvalue weighted by atomic mass is 16.5. The van der Waals surface area contributed by atoms with Crippen molar-refractivity contribution in [2.45, 2.75) is 32.4 Å². The van der Waals surface area contributed by atoms with Crippen LogP contribution in [0.3, 0.4) is 0 Å². The Balaban J connectivity index is 1.53. The maximum absolute atomic E-state index is 11.7. The molecule has 0 saturated carbocycles. The number of nitrogens with zero attached hydrogens (tertiary/aromatic N) is 2. The van der Waals surface area contributed by atoms with Gasteiger partial charge in [-0.3, -0.25) is 9.69 Å². The van der Waals surface area contributed by atoms with Crippen LogP contribution in [0.5, 0.6) is 11.5 Å². The molecule has 1 aliphatic heterocycles. The first-order valence-corrected chi connectivity index (χ1v) is 8.92. The van der Waals surface area contributed by atoms with Crippen molar-refractivity contribution in [2.24, 2.45) is 7.05 Å². The predicted octanol–water partition coefficient (Wildman–Crippen LogP) is 2.83. The van der Waals surface area contributed by atoms with Crippen molar-refractivity contribution in [1.82, 2.24) is 9.47 Å². The van der Waals surface area contributed by atoms with Gasteiger partial charge in [0.2, 0.25) is 0 Å². The molecule has 3 rings (SSSR count). The van der Waals surface area contributed by atoms with Crippen LogP contribution in [0, 0.1) is 0 Å². The van der Waals surface area contributed by atoms with Gasteiger partial charge in [-0.2, -0.15) is 0 Å². The molecule has 1 aliphatic rings. The molecule has 0 bridgehead atoms. The zero-order valence-electron chi connectivity index (χ0n) is 15.0. The van der Waals surface area contributed by atoms with Gasteiger partial charge in [0, 0.05) is 38.9 Å². The maximum atomic E-state index is 11.7. The lowest BCUT2D eigenvalue weighted by Crippen LogP contribution is -2.38. The molecular weight excluding hydrogens is 316 g/mol. The highest BCUT2D eigenvalue weighted by Crippen LogP contribution is 2.29. The number of hydrogen-bond donors (Lipinski definition) is 0. The first-order valence-electron chi connectivity index (χ1n) is 8.92. The molecule has 2 heterocycles. The van der Waals surface area contributed by atoms with Gasteiger partial charge in [0.25, 0.3) is 5.56 Å². The van der Waals surface area contributed by atoms with E-state index >= 15 is 0 Å². The van der Waals surface area contributed by atoms with E-state index in [4.69, 9.17) is 9.47 Å². The van der Waals surface area contributed by atoms with Gasteiger partial charge in [0.15, 0.2) is 11.5 Å². The molecule has 0 unspecified atom stereocenters. The van der Waals surface area contributed by atoms with Crippen LogP contribution in [0.4, 0.5) is 0 Å². The third-order valence-electron chi connectivity index (χ3n) is 4.55. The van der Waals surface area contributed by atoms with E-state index in [0.717, 1.165) is 49.5 Å². The molecule has 1 saturated heterocycles. The summed E-state index contributed by atoms with van der Waals surface area (Å²) < 4.78 is 13.4. The van der Waals surface area contributed by atoms with Crippen molar-refractivity contribution in [3.05, 3.63) is 58.5 Å². The number of aromatic nitrogens is 1. The van der Waals surface area contributed by atoms with Crippen molar-refractivity contribution in [2.75, 3.05) is 19.7 Å². The standard InChI is InChI=1S/C20H26N2O3/c1-3-24-18-6-4-5-7-19(18)25-17-9-12-22(13-10-17)15-16-8-11-21(2)20(23)14-16/h4-8,11,14,17H,3,9-10,12-13,15H2,1-2H3. The Bertz CT molecular complexity index is 749. The number of ether oxygens (including phenoxy) is 2. The zero-order chi connectivity index (χ0) is 17.6. The Morgan fingerprint density at radius 3 is 2.52 bits per heavy atom. The molecule has 5 nitrogen and oxygen atoms in total. The van der Waals surface area contributed by atoms with Gasteiger partial charge in [-0.25, -0.2) is 0 Å². The molecule has 1 aromatic heterocycles. The van der Waals surface area contributed by atoms with E-state index in [9.17, 15) is 4.79 Å². The molecule has 0 aliphatic carbocycles. The summed E-state index contributed by atoms with van der Waals surface area (Å²) in [6, 6.07) is 11.6. The van der Waals surface area contributed by atoms with Crippen LogP contribution >= 0.6 is 0 Å². The summed E-state index contributed by atoms with van der Waals surface area (Å²) in [5.41, 5.74) is 1.12. The Hall–Kier alpha value is -2.27. The van der Waals surface area contributed by atoms with Gasteiger partial charge in [-0.1, -0.05) is 12.1 Å². The molecule has 1 fully saturated rings. The molecule has 0 spiro atoms. The number of pyridine rings is 1. The summed E-state index contributed by atoms with van der Waals surface area (Å²) >= 11 is 0. The van der Waals surface area contributed by atoms with Gasteiger partial charge in [0.1, 0.15) is 6.10 Å². The summed E-state index contributed by atoms with van der Waals surface area (Å²) in [6.07, 6.45) is 4.00. The molecule has 0 radical (unpaired) electrons. The summed E-state index contributed by atoms with van der Waals surface area (Å²) in [7, 11) is 1.77. The fourth-order valence-corrected chi connectivity index (χ4v) is 3.13. The van der Waals surface area contributed by atoms with E-state index in [-0.39, 0.29) is 11.7 Å². The number of likely N-dealkylation sites (tertiary alicyclic amines) is 1. The van der Waals surface area contributed by atoms with Crippen LogP contribution in [-0.4, -0.2) is 35.3 Å². The maximum Gasteiger partial charge on any atom is 0.250 e. The van der Waals surface area contributed by atoms with Crippen LogP contribution in [-0.2, 0) is 13.6 Å². The van der Waals surface area contributed by atoms with E-state index in [1.165, 1.54) is 0 Å². The molecular formula is C20H26N2O3. The molecule has 2 aromatic rings. The van der Waals surface area contributed by atoms with E-state index in [1.807, 2.05) is 43.5 Å². The van der Waals surface area contributed by atoms with E-state index < -0.39 is 0 Å². The van der Waals surface area contributed by atoms with Crippen LogP contribution < -0.4 is 15.0 Å². The molecule has 1 aromatic carbocycles. The van der Waals surface area contributed by atoms with Gasteiger partial charge in [0.05, 0.1) is 6.61 Å². The summed E-state index contributed by atoms with van der Waals surface area (Å²) in [6.45, 7) is 5.37. The summed E-state index contributed by atoms with van der Waals surface area (Å²) in [5, 5.41) is 0. The number of rotatable bonds is 6. The quantitative estimate of drug-likeness (QED) is 0.810. The minimum absolute atomic E-state index is 0.0447. The van der Waals surface area contributed by atoms with Gasteiger partial charge in [-0.05, 0) is 43.5 Å². The van der Waals surface area contributed by atoms with Gasteiger partial charge >= 0.3 is 0 Å². The van der Waals surface area contributed by atoms with Gasteiger partial charge in [-0.15, -0.1) is 0 Å². The van der Waals surface area contributed by atoms with Crippen LogP contribution in [0.2, 0.25) is 0 Å². The van der Waals surface area contributed by atoms with Gasteiger partial charge < -0.3 is 14.0 Å². The lowest BCUT2D eigenvalue weighted by Gasteiger charge is -2.32. The average molecular weight is 342 g/mol. The Labute approximate surface area is 148 Å². The molecule has 134 valence electrons. The second kappa shape index (κ2) is 8.21. The molecule has 0 N–H and O–H groups in total. The lowest BCUT2D eigenvalue weighted by atomic mass is 10.1. The van der Waals surface area contributed by atoms with Crippen molar-refractivity contribution >= 4 is 0 Å². The fraction of sp³-hybridized carbons (Fsp3) is 0.450. The fourth-order valence-electron chi connectivity index (χ4n) is 3.13. The third kappa shape index (κ3) is 4.63. The number of aryl methyl sites for hydroxylation is 1. The highest BCUT2D eigenvalue weighted by molar-refractivity contribution is 5.39.